The zero-order valence-electron chi connectivity index (χ0n) is 11.4. The quantitative estimate of drug-likeness (QED) is 0.775. The van der Waals surface area contributed by atoms with Gasteiger partial charge in [-0.25, -0.2) is 4.98 Å². The van der Waals surface area contributed by atoms with Crippen LogP contribution in [0, 0.1) is 6.92 Å². The van der Waals surface area contributed by atoms with Crippen molar-refractivity contribution in [2.24, 2.45) is 0 Å². The highest BCUT2D eigenvalue weighted by Crippen LogP contribution is 2.25. The first-order valence-corrected chi connectivity index (χ1v) is 6.80. The van der Waals surface area contributed by atoms with E-state index >= 15 is 0 Å². The lowest BCUT2D eigenvalue weighted by molar-refractivity contribution is 0.453. The lowest BCUT2D eigenvalue weighted by atomic mass is 10.1. The van der Waals surface area contributed by atoms with Crippen LogP contribution < -0.4 is 4.74 Å². The summed E-state index contributed by atoms with van der Waals surface area (Å²) in [4.78, 5) is 8.71. The molecule has 0 radical (unpaired) electrons. The predicted molar refractivity (Wildman–Crippen MR) is 76.9 cm³/mol. The molecule has 19 heavy (non-hydrogen) atoms. The minimum atomic E-state index is 0.334. The number of halogens is 1. The first-order chi connectivity index (χ1) is 9.10. The molecule has 2 heterocycles. The van der Waals surface area contributed by atoms with Crippen LogP contribution in [0.2, 0.25) is 0 Å². The van der Waals surface area contributed by atoms with Crippen LogP contribution in [-0.4, -0.2) is 9.97 Å². The molecule has 100 valence electrons. The third-order valence-corrected chi connectivity index (χ3v) is 3.11. The van der Waals surface area contributed by atoms with E-state index in [0.29, 0.717) is 17.7 Å². The van der Waals surface area contributed by atoms with Gasteiger partial charge in [0, 0.05) is 23.8 Å². The highest BCUT2D eigenvalue weighted by molar-refractivity contribution is 6.17. The predicted octanol–water partition coefficient (Wildman–Crippen LogP) is 4.44. The number of aryl methyl sites for hydroxylation is 1. The fraction of sp³-hybridized carbons (Fsp3) is 0.333. The van der Waals surface area contributed by atoms with Crippen LogP contribution in [-0.2, 0) is 5.88 Å². The fourth-order valence-corrected chi connectivity index (χ4v) is 1.85. The molecule has 0 aliphatic carbocycles. The number of hydrogen-bond donors (Lipinski definition) is 0. The Morgan fingerprint density at radius 3 is 2.74 bits per heavy atom. The molecule has 0 aliphatic rings. The average molecular weight is 277 g/mol. The number of ether oxygens (including phenoxy) is 1. The maximum Gasteiger partial charge on any atom is 0.219 e. The molecule has 0 aliphatic heterocycles. The topological polar surface area (TPSA) is 35.0 Å². The molecule has 3 nitrogen and oxygen atoms in total. The van der Waals surface area contributed by atoms with Gasteiger partial charge in [-0.1, -0.05) is 13.8 Å². The van der Waals surface area contributed by atoms with Crippen molar-refractivity contribution >= 4 is 11.6 Å². The van der Waals surface area contributed by atoms with Gasteiger partial charge < -0.3 is 4.74 Å². The summed E-state index contributed by atoms with van der Waals surface area (Å²) in [5, 5.41) is 0. The second kappa shape index (κ2) is 6.02. The van der Waals surface area contributed by atoms with Gasteiger partial charge in [-0.3, -0.25) is 4.98 Å². The van der Waals surface area contributed by atoms with E-state index in [9.17, 15) is 0 Å². The molecular weight excluding hydrogens is 260 g/mol. The summed E-state index contributed by atoms with van der Waals surface area (Å²) in [6.07, 6.45) is 1.74. The lowest BCUT2D eigenvalue weighted by Crippen LogP contribution is -1.99. The van der Waals surface area contributed by atoms with E-state index < -0.39 is 0 Å². The van der Waals surface area contributed by atoms with Crippen molar-refractivity contribution in [2.45, 2.75) is 32.6 Å². The van der Waals surface area contributed by atoms with E-state index in [1.807, 2.05) is 31.2 Å². The Morgan fingerprint density at radius 2 is 2.11 bits per heavy atom. The Hall–Kier alpha value is -1.61. The van der Waals surface area contributed by atoms with Gasteiger partial charge in [0.15, 0.2) is 5.75 Å². The summed E-state index contributed by atoms with van der Waals surface area (Å²) in [5.74, 6) is 2.07. The van der Waals surface area contributed by atoms with Crippen molar-refractivity contribution in [1.29, 1.82) is 0 Å². The second-order valence-electron chi connectivity index (χ2n) is 4.72. The number of pyridine rings is 2. The van der Waals surface area contributed by atoms with Crippen molar-refractivity contribution < 1.29 is 4.74 Å². The van der Waals surface area contributed by atoms with Crippen LogP contribution in [0.4, 0.5) is 0 Å². The summed E-state index contributed by atoms with van der Waals surface area (Å²) in [6, 6.07) is 7.61. The smallest absolute Gasteiger partial charge is 0.219 e. The van der Waals surface area contributed by atoms with E-state index in [1.165, 1.54) is 0 Å². The highest BCUT2D eigenvalue weighted by Gasteiger charge is 2.09. The van der Waals surface area contributed by atoms with Crippen molar-refractivity contribution in [1.82, 2.24) is 9.97 Å². The molecule has 0 bridgehead atoms. The van der Waals surface area contributed by atoms with Gasteiger partial charge in [0.05, 0.1) is 5.69 Å². The van der Waals surface area contributed by atoms with E-state index in [1.54, 1.807) is 6.20 Å². The fourth-order valence-electron chi connectivity index (χ4n) is 1.70. The van der Waals surface area contributed by atoms with E-state index in [-0.39, 0.29) is 0 Å². The first-order valence-electron chi connectivity index (χ1n) is 6.26. The highest BCUT2D eigenvalue weighted by atomic mass is 35.5. The van der Waals surface area contributed by atoms with Crippen LogP contribution >= 0.6 is 11.6 Å². The summed E-state index contributed by atoms with van der Waals surface area (Å²) >= 11 is 5.91. The van der Waals surface area contributed by atoms with E-state index in [4.69, 9.17) is 16.3 Å². The number of alkyl halides is 1. The Balaban J connectivity index is 2.34. The number of rotatable bonds is 4. The third-order valence-electron chi connectivity index (χ3n) is 2.80. The largest absolute Gasteiger partial charge is 0.437 e. The van der Waals surface area contributed by atoms with E-state index in [2.05, 4.69) is 23.8 Å². The Morgan fingerprint density at radius 1 is 1.32 bits per heavy atom. The molecule has 4 heteroatoms. The number of nitrogens with zero attached hydrogens (tertiary/aromatic N) is 2. The number of hydrogen-bond acceptors (Lipinski definition) is 3. The number of aromatic nitrogens is 2. The van der Waals surface area contributed by atoms with E-state index in [0.717, 1.165) is 22.7 Å². The first kappa shape index (κ1) is 13.8. The molecular formula is C15H17ClN2O. The van der Waals surface area contributed by atoms with Crippen LogP contribution in [0.5, 0.6) is 11.6 Å². The summed E-state index contributed by atoms with van der Waals surface area (Å²) in [6.45, 7) is 6.10. The molecule has 0 fully saturated rings. The second-order valence-corrected chi connectivity index (χ2v) is 4.98. The van der Waals surface area contributed by atoms with Crippen LogP contribution in [0.1, 0.15) is 36.7 Å². The molecule has 0 saturated heterocycles. The molecule has 0 spiro atoms. The standard InChI is InChI=1S/C15H17ClN2O/c1-10(2)13-7-12(9-16)8-15(18-13)19-14-5-4-6-17-11(14)3/h4-8,10H,9H2,1-3H3. The van der Waals surface area contributed by atoms with Crippen molar-refractivity contribution in [3.05, 3.63) is 47.4 Å². The van der Waals surface area contributed by atoms with Gasteiger partial charge in [0.1, 0.15) is 0 Å². The maximum atomic E-state index is 5.91. The van der Waals surface area contributed by atoms with Crippen LogP contribution in [0.25, 0.3) is 0 Å². The zero-order valence-corrected chi connectivity index (χ0v) is 12.1. The molecule has 2 rings (SSSR count). The van der Waals surface area contributed by atoms with Crippen molar-refractivity contribution in [3.63, 3.8) is 0 Å². The molecule has 0 unspecified atom stereocenters. The molecule has 2 aromatic heterocycles. The summed E-state index contributed by atoms with van der Waals surface area (Å²) in [7, 11) is 0. The monoisotopic (exact) mass is 276 g/mol. The minimum absolute atomic E-state index is 0.334. The van der Waals surface area contributed by atoms with Crippen LogP contribution in [0.3, 0.4) is 0 Å². The third kappa shape index (κ3) is 3.44. The summed E-state index contributed by atoms with van der Waals surface area (Å²) in [5.41, 5.74) is 2.83. The molecule has 2 aromatic rings. The van der Waals surface area contributed by atoms with Gasteiger partial charge in [-0.15, -0.1) is 11.6 Å². The molecule has 0 atom stereocenters. The molecule has 0 saturated carbocycles. The van der Waals surface area contributed by atoms with Crippen molar-refractivity contribution in [3.8, 4) is 11.6 Å². The van der Waals surface area contributed by atoms with Crippen molar-refractivity contribution in [2.75, 3.05) is 0 Å². The molecule has 0 amide bonds. The molecule has 0 aromatic carbocycles. The van der Waals surface area contributed by atoms with Crippen LogP contribution in [0.15, 0.2) is 30.5 Å². The average Bonchev–Trinajstić information content (AvgIpc) is 2.41. The molecule has 0 N–H and O–H groups in total. The van der Waals surface area contributed by atoms with Gasteiger partial charge in [-0.2, -0.15) is 0 Å². The summed E-state index contributed by atoms with van der Waals surface area (Å²) < 4.78 is 5.81. The minimum Gasteiger partial charge on any atom is -0.437 e. The van der Waals surface area contributed by atoms with Gasteiger partial charge >= 0.3 is 0 Å². The lowest BCUT2D eigenvalue weighted by Gasteiger charge is -2.11. The van der Waals surface area contributed by atoms with Gasteiger partial charge in [0.2, 0.25) is 5.88 Å². The van der Waals surface area contributed by atoms with Gasteiger partial charge in [0.25, 0.3) is 0 Å². The normalized spacial score (nSPS) is 10.8. The Bertz CT molecular complexity index is 570. The zero-order chi connectivity index (χ0) is 13.8. The Labute approximate surface area is 118 Å². The maximum absolute atomic E-state index is 5.91. The Kier molecular flexibility index (Phi) is 4.38. The SMILES string of the molecule is Cc1ncccc1Oc1cc(CCl)cc(C(C)C)n1. The van der Waals surface area contributed by atoms with Gasteiger partial charge in [-0.05, 0) is 36.6 Å².